The summed E-state index contributed by atoms with van der Waals surface area (Å²) in [6.45, 7) is 6.17. The zero-order valence-electron chi connectivity index (χ0n) is 24.2. The highest BCUT2D eigenvalue weighted by Gasteiger charge is 2.33. The minimum absolute atomic E-state index is 0.00205. The quantitative estimate of drug-likeness (QED) is 0.199. The van der Waals surface area contributed by atoms with Crippen molar-refractivity contribution in [2.24, 2.45) is 0 Å². The van der Waals surface area contributed by atoms with Crippen LogP contribution in [0.1, 0.15) is 37.3 Å². The van der Waals surface area contributed by atoms with E-state index >= 15 is 0 Å². The number of amides is 2. The second-order valence-electron chi connectivity index (χ2n) is 10.9. The molecule has 3 aromatic carbocycles. The third-order valence-corrected chi connectivity index (χ3v) is 9.14. The fraction of sp³-hybridized carbons (Fsp3) is 0.303. The molecule has 220 valence electrons. The fourth-order valence-corrected chi connectivity index (χ4v) is 6.79. The van der Waals surface area contributed by atoms with E-state index in [1.165, 1.54) is 11.8 Å². The summed E-state index contributed by atoms with van der Waals surface area (Å²) in [4.78, 5) is 35.3. The van der Waals surface area contributed by atoms with Crippen LogP contribution in [-0.2, 0) is 16.1 Å². The molecule has 1 saturated heterocycles. The Morgan fingerprint density at radius 2 is 1.79 bits per heavy atom. The molecule has 8 nitrogen and oxygen atoms in total. The number of hydrogen-bond donors (Lipinski definition) is 0. The summed E-state index contributed by atoms with van der Waals surface area (Å²) >= 11 is 7.54. The molecular formula is C33H33ClN6O2S. The van der Waals surface area contributed by atoms with E-state index < -0.39 is 0 Å². The number of benzene rings is 3. The van der Waals surface area contributed by atoms with Gasteiger partial charge in [0.05, 0.1) is 17.2 Å². The van der Waals surface area contributed by atoms with Crippen LogP contribution in [0, 0.1) is 0 Å². The highest BCUT2D eigenvalue weighted by molar-refractivity contribution is 7.99. The Bertz CT molecular complexity index is 1780. The Labute approximate surface area is 260 Å². The number of carbonyl (C=O) groups is 2. The summed E-state index contributed by atoms with van der Waals surface area (Å²) in [5.41, 5.74) is 4.55. The standard InChI is InChI=1S/C33H33ClN6O2S/c1-3-26(24-11-5-4-6-12-24)32(42)39-17-16-38(19-22(39)2)29(41)21-43-33-35-31-30(36-37-33)27-14-7-8-15-28(27)40(31)20-23-10-9-13-25(34)18-23/h4-15,18,22,26H,3,16-17,19-21H2,1-2H3. The summed E-state index contributed by atoms with van der Waals surface area (Å²) in [7, 11) is 0. The Hall–Kier alpha value is -3.95. The van der Waals surface area contributed by atoms with E-state index in [-0.39, 0.29) is 29.5 Å². The first-order valence-corrected chi connectivity index (χ1v) is 15.9. The molecule has 2 aromatic heterocycles. The average molecular weight is 613 g/mol. The topological polar surface area (TPSA) is 84.2 Å². The SMILES string of the molecule is CCC(C(=O)N1CCN(C(=O)CSc2nnc3c4ccccc4n(Cc4cccc(Cl)c4)c3n2)CC1C)c1ccccc1. The van der Waals surface area contributed by atoms with Crippen LogP contribution in [0.15, 0.2) is 84.0 Å². The number of rotatable bonds is 8. The number of carbonyl (C=O) groups excluding carboxylic acids is 2. The monoisotopic (exact) mass is 612 g/mol. The molecule has 0 aliphatic carbocycles. The van der Waals surface area contributed by atoms with Gasteiger partial charge >= 0.3 is 0 Å². The Morgan fingerprint density at radius 3 is 2.56 bits per heavy atom. The lowest BCUT2D eigenvalue weighted by atomic mass is 9.94. The molecule has 0 bridgehead atoms. The molecule has 2 amide bonds. The maximum absolute atomic E-state index is 13.4. The highest BCUT2D eigenvalue weighted by atomic mass is 35.5. The zero-order valence-corrected chi connectivity index (χ0v) is 25.8. The minimum atomic E-state index is -0.171. The van der Waals surface area contributed by atoms with Crippen molar-refractivity contribution in [1.82, 2.24) is 29.5 Å². The molecule has 0 N–H and O–H groups in total. The van der Waals surface area contributed by atoms with E-state index in [4.69, 9.17) is 16.6 Å². The summed E-state index contributed by atoms with van der Waals surface area (Å²) < 4.78 is 2.12. The first-order valence-electron chi connectivity index (χ1n) is 14.5. The average Bonchev–Trinajstić information content (AvgIpc) is 3.33. The molecule has 1 aliphatic rings. The van der Waals surface area contributed by atoms with Crippen molar-refractivity contribution in [2.45, 2.75) is 43.9 Å². The van der Waals surface area contributed by atoms with Crippen molar-refractivity contribution in [3.05, 3.63) is 95.0 Å². The normalized spacial score (nSPS) is 16.1. The van der Waals surface area contributed by atoms with Crippen LogP contribution in [0.5, 0.6) is 0 Å². The number of aromatic nitrogens is 4. The molecule has 5 aromatic rings. The maximum Gasteiger partial charge on any atom is 0.233 e. The first kappa shape index (κ1) is 29.1. The molecule has 0 spiro atoms. The van der Waals surface area contributed by atoms with Crippen LogP contribution in [0.25, 0.3) is 22.1 Å². The molecule has 1 fully saturated rings. The van der Waals surface area contributed by atoms with E-state index in [0.29, 0.717) is 36.4 Å². The summed E-state index contributed by atoms with van der Waals surface area (Å²) in [6, 6.07) is 25.7. The molecule has 6 rings (SSSR count). The molecular weight excluding hydrogens is 580 g/mol. The number of nitrogens with zero attached hydrogens (tertiary/aromatic N) is 6. The molecule has 2 atom stereocenters. The smallest absolute Gasteiger partial charge is 0.233 e. The van der Waals surface area contributed by atoms with E-state index in [1.807, 2.05) is 103 Å². The fourth-order valence-electron chi connectivity index (χ4n) is 5.90. The lowest BCUT2D eigenvalue weighted by Gasteiger charge is -2.41. The molecule has 1 aliphatic heterocycles. The first-order chi connectivity index (χ1) is 20.9. The van der Waals surface area contributed by atoms with Gasteiger partial charge in [0.2, 0.25) is 17.0 Å². The number of halogens is 1. The van der Waals surface area contributed by atoms with Gasteiger partial charge in [-0.05, 0) is 42.7 Å². The van der Waals surface area contributed by atoms with Crippen LogP contribution in [0.4, 0.5) is 0 Å². The van der Waals surface area contributed by atoms with Crippen LogP contribution >= 0.6 is 23.4 Å². The molecule has 2 unspecified atom stereocenters. The van der Waals surface area contributed by atoms with Crippen molar-refractivity contribution in [3.8, 4) is 0 Å². The van der Waals surface area contributed by atoms with Gasteiger partial charge in [0, 0.05) is 42.6 Å². The molecule has 43 heavy (non-hydrogen) atoms. The molecule has 10 heteroatoms. The van der Waals surface area contributed by atoms with Crippen molar-refractivity contribution in [2.75, 3.05) is 25.4 Å². The predicted octanol–water partition coefficient (Wildman–Crippen LogP) is 6.03. The van der Waals surface area contributed by atoms with E-state index in [9.17, 15) is 9.59 Å². The Morgan fingerprint density at radius 1 is 1.00 bits per heavy atom. The second-order valence-corrected chi connectivity index (χ2v) is 12.3. The van der Waals surface area contributed by atoms with Crippen molar-refractivity contribution in [3.63, 3.8) is 0 Å². The van der Waals surface area contributed by atoms with Gasteiger partial charge < -0.3 is 14.4 Å². The van der Waals surface area contributed by atoms with Crippen molar-refractivity contribution in [1.29, 1.82) is 0 Å². The number of thioether (sulfide) groups is 1. The van der Waals surface area contributed by atoms with Crippen LogP contribution in [0.3, 0.4) is 0 Å². The van der Waals surface area contributed by atoms with Gasteiger partial charge in [0.25, 0.3) is 0 Å². The summed E-state index contributed by atoms with van der Waals surface area (Å²) in [5.74, 6) is 0.158. The summed E-state index contributed by atoms with van der Waals surface area (Å²) in [5, 5.41) is 11.0. The third kappa shape index (κ3) is 6.10. The molecule has 0 saturated carbocycles. The van der Waals surface area contributed by atoms with Gasteiger partial charge in [0.1, 0.15) is 5.52 Å². The minimum Gasteiger partial charge on any atom is -0.338 e. The van der Waals surface area contributed by atoms with Crippen molar-refractivity contribution >= 4 is 57.2 Å². The van der Waals surface area contributed by atoms with Crippen LogP contribution in [0.2, 0.25) is 5.02 Å². The number of hydrogen-bond acceptors (Lipinski definition) is 6. The van der Waals surface area contributed by atoms with Gasteiger partial charge in [-0.1, -0.05) is 91.0 Å². The second kappa shape index (κ2) is 12.7. The van der Waals surface area contributed by atoms with Crippen molar-refractivity contribution < 1.29 is 9.59 Å². The third-order valence-electron chi connectivity index (χ3n) is 8.08. The predicted molar refractivity (Wildman–Crippen MR) is 171 cm³/mol. The Kier molecular flexibility index (Phi) is 8.63. The molecule has 0 radical (unpaired) electrons. The van der Waals surface area contributed by atoms with Gasteiger partial charge in [-0.3, -0.25) is 9.59 Å². The number of para-hydroxylation sites is 1. The van der Waals surface area contributed by atoms with E-state index in [2.05, 4.69) is 14.8 Å². The number of piperazine rings is 1. The maximum atomic E-state index is 13.4. The highest BCUT2D eigenvalue weighted by Crippen LogP contribution is 2.29. The largest absolute Gasteiger partial charge is 0.338 e. The van der Waals surface area contributed by atoms with Gasteiger partial charge in [-0.2, -0.15) is 0 Å². The number of fused-ring (bicyclic) bond motifs is 3. The Balaban J connectivity index is 1.14. The lowest BCUT2D eigenvalue weighted by Crippen LogP contribution is -2.56. The van der Waals surface area contributed by atoms with Gasteiger partial charge in [-0.15, -0.1) is 10.2 Å². The van der Waals surface area contributed by atoms with Gasteiger partial charge in [-0.25, -0.2) is 4.98 Å². The van der Waals surface area contributed by atoms with Crippen LogP contribution < -0.4 is 0 Å². The van der Waals surface area contributed by atoms with Gasteiger partial charge in [0.15, 0.2) is 5.65 Å². The lowest BCUT2D eigenvalue weighted by molar-refractivity contribution is -0.142. The van der Waals surface area contributed by atoms with E-state index in [0.717, 1.165) is 39.6 Å². The van der Waals surface area contributed by atoms with E-state index in [1.54, 1.807) is 0 Å². The molecule has 3 heterocycles. The van der Waals surface area contributed by atoms with Crippen LogP contribution in [-0.4, -0.2) is 72.8 Å². The zero-order chi connectivity index (χ0) is 29.9. The summed E-state index contributed by atoms with van der Waals surface area (Å²) in [6.07, 6.45) is 0.738.